The van der Waals surface area contributed by atoms with Crippen molar-refractivity contribution < 1.29 is 13.9 Å². The standard InChI is InChI=1S/C27H35O4P/c1-29-24-16-15-22-25(28)23(19-31-26(22)27(24)30-2)21-14-11-13-20(18-21)12-9-7-5-3-4-6-8-10-17-32/h11,13-16,18-19H,3-10,12,17,32H2,1-2H3. The molecule has 1 atom stereocenters. The number of unbranched alkanes of at least 4 members (excludes halogenated alkanes) is 7. The van der Waals surface area contributed by atoms with Crippen LogP contribution in [0.1, 0.15) is 56.9 Å². The number of hydrogen-bond acceptors (Lipinski definition) is 4. The van der Waals surface area contributed by atoms with E-state index in [-0.39, 0.29) is 5.43 Å². The summed E-state index contributed by atoms with van der Waals surface area (Å²) < 4.78 is 16.6. The third-order valence-corrected chi connectivity index (χ3v) is 6.35. The molecule has 0 bridgehead atoms. The van der Waals surface area contributed by atoms with E-state index in [4.69, 9.17) is 13.9 Å². The van der Waals surface area contributed by atoms with E-state index in [1.54, 1.807) is 26.4 Å². The predicted molar refractivity (Wildman–Crippen MR) is 136 cm³/mol. The Balaban J connectivity index is 1.65. The summed E-state index contributed by atoms with van der Waals surface area (Å²) in [7, 11) is 5.91. The van der Waals surface area contributed by atoms with E-state index in [0.717, 1.165) is 12.0 Å². The summed E-state index contributed by atoms with van der Waals surface area (Å²) in [6.45, 7) is 0. The number of methoxy groups -OCH3 is 2. The second-order valence-electron chi connectivity index (χ2n) is 8.22. The third-order valence-electron chi connectivity index (χ3n) is 5.94. The van der Waals surface area contributed by atoms with E-state index in [1.807, 2.05) is 12.1 Å². The Bertz CT molecular complexity index is 1060. The van der Waals surface area contributed by atoms with E-state index in [9.17, 15) is 4.79 Å². The lowest BCUT2D eigenvalue weighted by Gasteiger charge is -2.10. The number of benzene rings is 2. The Labute approximate surface area is 193 Å². The smallest absolute Gasteiger partial charge is 0.204 e. The van der Waals surface area contributed by atoms with Gasteiger partial charge in [-0.25, -0.2) is 0 Å². The van der Waals surface area contributed by atoms with Crippen LogP contribution < -0.4 is 14.9 Å². The van der Waals surface area contributed by atoms with Gasteiger partial charge in [0.1, 0.15) is 6.26 Å². The summed E-state index contributed by atoms with van der Waals surface area (Å²) in [5.74, 6) is 0.977. The highest BCUT2D eigenvalue weighted by Gasteiger charge is 2.16. The molecule has 5 heteroatoms. The lowest BCUT2D eigenvalue weighted by atomic mass is 9.99. The maximum Gasteiger partial charge on any atom is 0.204 e. The Morgan fingerprint density at radius 2 is 1.59 bits per heavy atom. The van der Waals surface area contributed by atoms with Gasteiger partial charge in [0.05, 0.1) is 25.2 Å². The first-order chi connectivity index (χ1) is 15.7. The second kappa shape index (κ2) is 12.6. The lowest BCUT2D eigenvalue weighted by Crippen LogP contribution is -2.06. The molecule has 0 aliphatic heterocycles. The van der Waals surface area contributed by atoms with Crippen molar-refractivity contribution in [2.75, 3.05) is 20.4 Å². The van der Waals surface area contributed by atoms with Crippen molar-refractivity contribution in [2.24, 2.45) is 0 Å². The number of aryl methyl sites for hydroxylation is 1. The molecule has 1 aromatic heterocycles. The molecule has 0 aliphatic carbocycles. The third kappa shape index (κ3) is 6.13. The molecule has 0 spiro atoms. The maximum atomic E-state index is 13.2. The normalized spacial score (nSPS) is 11.1. The summed E-state index contributed by atoms with van der Waals surface area (Å²) >= 11 is 0. The molecule has 1 unspecified atom stereocenters. The van der Waals surface area contributed by atoms with Gasteiger partial charge < -0.3 is 13.9 Å². The molecule has 1 heterocycles. The number of ether oxygens (including phenoxy) is 2. The summed E-state index contributed by atoms with van der Waals surface area (Å²) in [5, 5.41) is 0.489. The molecule has 0 fully saturated rings. The molecule has 4 nitrogen and oxygen atoms in total. The quantitative estimate of drug-likeness (QED) is 0.206. The number of fused-ring (bicyclic) bond motifs is 1. The van der Waals surface area contributed by atoms with Crippen molar-refractivity contribution >= 4 is 20.2 Å². The molecular formula is C27H35O4P. The Morgan fingerprint density at radius 1 is 0.875 bits per heavy atom. The largest absolute Gasteiger partial charge is 0.493 e. The SMILES string of the molecule is COc1ccc2c(=O)c(-c3cccc(CCCCCCCCCCP)c3)coc2c1OC. The fraction of sp³-hybridized carbons (Fsp3) is 0.444. The van der Waals surface area contributed by atoms with Crippen molar-refractivity contribution in [3.05, 3.63) is 58.4 Å². The van der Waals surface area contributed by atoms with Crippen LogP contribution in [0.5, 0.6) is 11.5 Å². The van der Waals surface area contributed by atoms with E-state index in [0.29, 0.717) is 28.0 Å². The van der Waals surface area contributed by atoms with Crippen LogP contribution >= 0.6 is 9.24 Å². The number of hydrogen-bond donors (Lipinski definition) is 0. The molecule has 0 saturated heterocycles. The van der Waals surface area contributed by atoms with Crippen LogP contribution in [0.15, 0.2) is 51.9 Å². The monoisotopic (exact) mass is 454 g/mol. The molecule has 0 amide bonds. The molecule has 0 N–H and O–H groups in total. The first-order valence-corrected chi connectivity index (χ1v) is 12.5. The average Bonchev–Trinajstić information content (AvgIpc) is 2.82. The highest BCUT2D eigenvalue weighted by molar-refractivity contribution is 7.16. The minimum atomic E-state index is -0.0639. The first-order valence-electron chi connectivity index (χ1n) is 11.7. The highest BCUT2D eigenvalue weighted by Crippen LogP contribution is 2.35. The zero-order valence-electron chi connectivity index (χ0n) is 19.3. The van der Waals surface area contributed by atoms with Gasteiger partial charge in [0, 0.05) is 0 Å². The minimum Gasteiger partial charge on any atom is -0.493 e. The summed E-state index contributed by atoms with van der Waals surface area (Å²) in [5.41, 5.74) is 3.06. The zero-order valence-corrected chi connectivity index (χ0v) is 20.5. The molecule has 0 saturated carbocycles. The number of rotatable bonds is 13. The molecule has 172 valence electrons. The Morgan fingerprint density at radius 3 is 2.28 bits per heavy atom. The summed E-state index contributed by atoms with van der Waals surface area (Å²) in [4.78, 5) is 13.2. The summed E-state index contributed by atoms with van der Waals surface area (Å²) in [6.07, 6.45) is 14.3. The van der Waals surface area contributed by atoms with Gasteiger partial charge in [0.25, 0.3) is 0 Å². The molecule has 0 aliphatic rings. The average molecular weight is 455 g/mol. The van der Waals surface area contributed by atoms with Gasteiger partial charge >= 0.3 is 0 Å². The maximum absolute atomic E-state index is 13.2. The molecule has 3 rings (SSSR count). The molecule has 2 aromatic carbocycles. The lowest BCUT2D eigenvalue weighted by molar-refractivity contribution is 0.353. The van der Waals surface area contributed by atoms with Crippen LogP contribution in [0.2, 0.25) is 0 Å². The van der Waals surface area contributed by atoms with Gasteiger partial charge in [0.2, 0.25) is 11.2 Å². The van der Waals surface area contributed by atoms with Crippen molar-refractivity contribution in [1.29, 1.82) is 0 Å². The van der Waals surface area contributed by atoms with Crippen LogP contribution in [-0.2, 0) is 6.42 Å². The molecular weight excluding hydrogens is 419 g/mol. The van der Waals surface area contributed by atoms with Crippen LogP contribution in [0, 0.1) is 0 Å². The van der Waals surface area contributed by atoms with E-state index in [1.165, 1.54) is 69.4 Å². The van der Waals surface area contributed by atoms with Gasteiger partial charge in [-0.3, -0.25) is 4.79 Å². The van der Waals surface area contributed by atoms with Gasteiger partial charge in [-0.1, -0.05) is 62.8 Å². The van der Waals surface area contributed by atoms with Crippen molar-refractivity contribution in [3.63, 3.8) is 0 Å². The predicted octanol–water partition coefficient (Wildman–Crippen LogP) is 7.02. The molecule has 3 aromatic rings. The topological polar surface area (TPSA) is 48.7 Å². The minimum absolute atomic E-state index is 0.0639. The molecule has 0 radical (unpaired) electrons. The Hall–Kier alpha value is -2.32. The van der Waals surface area contributed by atoms with Crippen molar-refractivity contribution in [2.45, 2.75) is 57.8 Å². The van der Waals surface area contributed by atoms with Gasteiger partial charge in [0.15, 0.2) is 11.3 Å². The van der Waals surface area contributed by atoms with Crippen molar-refractivity contribution in [1.82, 2.24) is 0 Å². The first kappa shape index (κ1) is 24.3. The fourth-order valence-electron chi connectivity index (χ4n) is 4.14. The summed E-state index contributed by atoms with van der Waals surface area (Å²) in [6, 6.07) is 11.7. The van der Waals surface area contributed by atoms with Gasteiger partial charge in [-0.05, 0) is 48.7 Å². The Kier molecular flexibility index (Phi) is 9.62. The fourth-order valence-corrected chi connectivity index (χ4v) is 4.43. The van der Waals surface area contributed by atoms with Crippen LogP contribution in [-0.4, -0.2) is 20.4 Å². The van der Waals surface area contributed by atoms with Crippen LogP contribution in [0.25, 0.3) is 22.1 Å². The van der Waals surface area contributed by atoms with Crippen LogP contribution in [0.4, 0.5) is 0 Å². The van der Waals surface area contributed by atoms with E-state index in [2.05, 4.69) is 21.4 Å². The van der Waals surface area contributed by atoms with Crippen LogP contribution in [0.3, 0.4) is 0 Å². The van der Waals surface area contributed by atoms with Crippen molar-refractivity contribution in [3.8, 4) is 22.6 Å². The van der Waals surface area contributed by atoms with Gasteiger partial charge in [-0.2, -0.15) is 0 Å². The zero-order chi connectivity index (χ0) is 22.8. The van der Waals surface area contributed by atoms with E-state index >= 15 is 0 Å². The molecule has 32 heavy (non-hydrogen) atoms. The second-order valence-corrected chi connectivity index (χ2v) is 8.80. The van der Waals surface area contributed by atoms with Gasteiger partial charge in [-0.15, -0.1) is 9.24 Å². The highest BCUT2D eigenvalue weighted by atomic mass is 31.0. The van der Waals surface area contributed by atoms with E-state index < -0.39 is 0 Å².